The van der Waals surface area contributed by atoms with Gasteiger partial charge in [-0.3, -0.25) is 4.79 Å². The van der Waals surface area contributed by atoms with Crippen molar-refractivity contribution < 1.29 is 14.7 Å². The number of aromatic nitrogens is 4. The second kappa shape index (κ2) is 8.04. The van der Waals surface area contributed by atoms with E-state index in [0.717, 1.165) is 27.8 Å². The van der Waals surface area contributed by atoms with Crippen LogP contribution in [0.15, 0.2) is 42.7 Å². The van der Waals surface area contributed by atoms with Crippen LogP contribution in [0.4, 0.5) is 0 Å². The van der Waals surface area contributed by atoms with E-state index < -0.39 is 5.97 Å². The number of carboxylic acid groups (broad SMARTS) is 1. The van der Waals surface area contributed by atoms with Gasteiger partial charge in [0, 0.05) is 29.2 Å². The standard InChI is InChI=1S/C24H22ClN5O3/c1-13-3-7-20-18(9-13)22(24(32)33)21-8-4-15(11-29(20)21)27-23(31)17-6-5-16(10-19(17)25)30-12-26-14(2)28-30/h3,5-7,9-10,12,15H,4,8,11H2,1-2H3,(H,27,31)(H,32,33). The molecule has 168 valence electrons. The molecule has 1 atom stereocenters. The SMILES string of the molecule is Cc1ccc2c(c1)c(C(=O)O)c1n2CC(NC(=O)c2ccc(-n3cnc(C)n3)cc2Cl)CC1. The van der Waals surface area contributed by atoms with E-state index in [2.05, 4.69) is 15.4 Å². The second-order valence-electron chi connectivity index (χ2n) is 8.37. The third kappa shape index (κ3) is 3.76. The molecule has 0 bridgehead atoms. The Morgan fingerprint density at radius 2 is 2.00 bits per heavy atom. The molecule has 0 saturated heterocycles. The number of hydrogen-bond acceptors (Lipinski definition) is 4. The molecule has 2 aromatic heterocycles. The third-order valence-electron chi connectivity index (χ3n) is 6.08. The topological polar surface area (TPSA) is 102 Å². The van der Waals surface area contributed by atoms with E-state index in [1.54, 1.807) is 36.1 Å². The molecule has 2 N–H and O–H groups in total. The van der Waals surface area contributed by atoms with Crippen LogP contribution in [0.5, 0.6) is 0 Å². The molecule has 33 heavy (non-hydrogen) atoms. The van der Waals surface area contributed by atoms with Crippen LogP contribution in [0.25, 0.3) is 16.6 Å². The van der Waals surface area contributed by atoms with Crippen LogP contribution in [0.3, 0.4) is 0 Å². The van der Waals surface area contributed by atoms with Crippen molar-refractivity contribution >= 4 is 34.4 Å². The quantitative estimate of drug-likeness (QED) is 0.477. The second-order valence-corrected chi connectivity index (χ2v) is 8.77. The lowest BCUT2D eigenvalue weighted by molar-refractivity contribution is 0.0696. The largest absolute Gasteiger partial charge is 0.478 e. The first-order valence-electron chi connectivity index (χ1n) is 10.7. The van der Waals surface area contributed by atoms with Crippen LogP contribution in [0, 0.1) is 13.8 Å². The summed E-state index contributed by atoms with van der Waals surface area (Å²) in [5.41, 5.74) is 4.14. The van der Waals surface area contributed by atoms with Gasteiger partial charge < -0.3 is 15.0 Å². The fourth-order valence-corrected chi connectivity index (χ4v) is 4.79. The van der Waals surface area contributed by atoms with Crippen molar-refractivity contribution in [3.05, 3.63) is 76.0 Å². The van der Waals surface area contributed by atoms with E-state index in [1.807, 2.05) is 29.7 Å². The number of amides is 1. The van der Waals surface area contributed by atoms with Gasteiger partial charge in [0.2, 0.25) is 0 Å². The van der Waals surface area contributed by atoms with Crippen molar-refractivity contribution in [3.8, 4) is 5.69 Å². The van der Waals surface area contributed by atoms with E-state index in [4.69, 9.17) is 11.6 Å². The number of nitrogens with one attached hydrogen (secondary N) is 1. The van der Waals surface area contributed by atoms with Crippen LogP contribution in [0.2, 0.25) is 5.02 Å². The summed E-state index contributed by atoms with van der Waals surface area (Å²) < 4.78 is 3.62. The molecule has 0 saturated carbocycles. The molecule has 1 unspecified atom stereocenters. The Labute approximate surface area is 194 Å². The normalized spacial score (nSPS) is 15.4. The molecule has 3 heterocycles. The smallest absolute Gasteiger partial charge is 0.338 e. The Morgan fingerprint density at radius 3 is 2.70 bits per heavy atom. The van der Waals surface area contributed by atoms with Crippen LogP contribution < -0.4 is 5.32 Å². The molecule has 1 aliphatic rings. The van der Waals surface area contributed by atoms with E-state index in [1.165, 1.54) is 0 Å². The lowest BCUT2D eigenvalue weighted by atomic mass is 10.0. The highest BCUT2D eigenvalue weighted by molar-refractivity contribution is 6.34. The summed E-state index contributed by atoms with van der Waals surface area (Å²) >= 11 is 6.42. The Hall–Kier alpha value is -3.65. The molecule has 8 nitrogen and oxygen atoms in total. The van der Waals surface area contributed by atoms with E-state index >= 15 is 0 Å². The van der Waals surface area contributed by atoms with Gasteiger partial charge in [0.15, 0.2) is 0 Å². The highest BCUT2D eigenvalue weighted by Crippen LogP contribution is 2.32. The zero-order valence-corrected chi connectivity index (χ0v) is 18.9. The summed E-state index contributed by atoms with van der Waals surface area (Å²) in [5, 5.41) is 18.2. The van der Waals surface area contributed by atoms with Crippen molar-refractivity contribution in [1.29, 1.82) is 0 Å². The fraction of sp³-hybridized carbons (Fsp3) is 0.250. The number of aryl methyl sites for hydroxylation is 2. The zero-order valence-electron chi connectivity index (χ0n) is 18.2. The highest BCUT2D eigenvalue weighted by Gasteiger charge is 2.29. The Bertz CT molecular complexity index is 1420. The van der Waals surface area contributed by atoms with Gasteiger partial charge in [-0.1, -0.05) is 23.2 Å². The molecular weight excluding hydrogens is 442 g/mol. The summed E-state index contributed by atoms with van der Waals surface area (Å²) in [6, 6.07) is 10.8. The van der Waals surface area contributed by atoms with Gasteiger partial charge in [-0.05, 0) is 57.0 Å². The minimum absolute atomic E-state index is 0.141. The van der Waals surface area contributed by atoms with Crippen molar-refractivity contribution in [3.63, 3.8) is 0 Å². The Morgan fingerprint density at radius 1 is 1.18 bits per heavy atom. The van der Waals surface area contributed by atoms with Crippen LogP contribution in [-0.4, -0.2) is 42.4 Å². The Kier molecular flexibility index (Phi) is 5.17. The van der Waals surface area contributed by atoms with Gasteiger partial charge in [-0.15, -0.1) is 0 Å². The number of benzene rings is 2. The molecular formula is C24H22ClN5O3. The molecule has 0 fully saturated rings. The zero-order chi connectivity index (χ0) is 23.3. The molecule has 9 heteroatoms. The number of nitrogens with zero attached hydrogens (tertiary/aromatic N) is 4. The number of halogens is 1. The lowest BCUT2D eigenvalue weighted by Crippen LogP contribution is -2.41. The first kappa shape index (κ1) is 21.2. The molecule has 0 aliphatic carbocycles. The number of hydrogen-bond donors (Lipinski definition) is 2. The maximum absolute atomic E-state index is 13.0. The number of aromatic carboxylic acids is 1. The number of rotatable bonds is 4. The molecule has 5 rings (SSSR count). The van der Waals surface area contributed by atoms with E-state index in [-0.39, 0.29) is 11.9 Å². The number of carbonyl (C=O) groups is 2. The first-order chi connectivity index (χ1) is 15.8. The van der Waals surface area contributed by atoms with Crippen LogP contribution >= 0.6 is 11.6 Å². The van der Waals surface area contributed by atoms with E-state index in [0.29, 0.717) is 41.4 Å². The average Bonchev–Trinajstić information content (AvgIpc) is 3.34. The van der Waals surface area contributed by atoms with Crippen molar-refractivity contribution in [2.24, 2.45) is 0 Å². The molecule has 4 aromatic rings. The van der Waals surface area contributed by atoms with Crippen molar-refractivity contribution in [2.45, 2.75) is 39.3 Å². The van der Waals surface area contributed by atoms with Gasteiger partial charge in [0.1, 0.15) is 12.2 Å². The predicted molar refractivity (Wildman–Crippen MR) is 124 cm³/mol. The van der Waals surface area contributed by atoms with Crippen LogP contribution in [-0.2, 0) is 13.0 Å². The maximum atomic E-state index is 13.0. The fourth-order valence-electron chi connectivity index (χ4n) is 4.53. The third-order valence-corrected chi connectivity index (χ3v) is 6.39. The number of carboxylic acids is 1. The summed E-state index contributed by atoms with van der Waals surface area (Å²) in [5.74, 6) is -0.542. The van der Waals surface area contributed by atoms with Crippen molar-refractivity contribution in [1.82, 2.24) is 24.6 Å². The minimum atomic E-state index is -0.920. The molecule has 1 aliphatic heterocycles. The van der Waals surface area contributed by atoms with Gasteiger partial charge in [-0.2, -0.15) is 5.10 Å². The molecule has 1 amide bonds. The molecule has 0 radical (unpaired) electrons. The summed E-state index contributed by atoms with van der Waals surface area (Å²) in [6.07, 6.45) is 2.81. The van der Waals surface area contributed by atoms with Gasteiger partial charge in [-0.25, -0.2) is 14.5 Å². The number of fused-ring (bicyclic) bond motifs is 3. The molecule has 0 spiro atoms. The van der Waals surface area contributed by atoms with Gasteiger partial charge in [0.25, 0.3) is 5.91 Å². The van der Waals surface area contributed by atoms with E-state index in [9.17, 15) is 14.7 Å². The summed E-state index contributed by atoms with van der Waals surface area (Å²) in [7, 11) is 0. The molecule has 2 aromatic carbocycles. The minimum Gasteiger partial charge on any atom is -0.478 e. The summed E-state index contributed by atoms with van der Waals surface area (Å²) in [6.45, 7) is 4.25. The highest BCUT2D eigenvalue weighted by atomic mass is 35.5. The average molecular weight is 464 g/mol. The van der Waals surface area contributed by atoms with Crippen molar-refractivity contribution in [2.75, 3.05) is 0 Å². The first-order valence-corrected chi connectivity index (χ1v) is 11.0. The summed E-state index contributed by atoms with van der Waals surface area (Å²) in [4.78, 5) is 29.1. The predicted octanol–water partition coefficient (Wildman–Crippen LogP) is 3.94. The monoisotopic (exact) mass is 463 g/mol. The van der Waals surface area contributed by atoms with Gasteiger partial charge >= 0.3 is 5.97 Å². The van der Waals surface area contributed by atoms with Gasteiger partial charge in [0.05, 0.1) is 21.8 Å². The Balaban J connectivity index is 1.39. The lowest BCUT2D eigenvalue weighted by Gasteiger charge is -2.27. The maximum Gasteiger partial charge on any atom is 0.338 e. The van der Waals surface area contributed by atoms with Crippen LogP contribution in [0.1, 0.15) is 44.2 Å². The number of carbonyl (C=O) groups excluding carboxylic acids is 1.